The Kier molecular flexibility index (Phi) is 4.56. The maximum atomic E-state index is 10.00. The zero-order valence-corrected chi connectivity index (χ0v) is 14.0. The first-order valence-corrected chi connectivity index (χ1v) is 8.00. The normalized spacial score (nSPS) is 12.8. The number of aliphatic imine (C=N–C) groups is 1. The molecule has 4 heteroatoms. The average molecular weight is 344 g/mol. The van der Waals surface area contributed by atoms with Crippen molar-refractivity contribution in [2.75, 3.05) is 0 Å². The Balaban J connectivity index is 1.96. The van der Waals surface area contributed by atoms with Crippen LogP contribution in [0.1, 0.15) is 24.1 Å². The summed E-state index contributed by atoms with van der Waals surface area (Å²) in [4.78, 5) is 4.56. The van der Waals surface area contributed by atoms with E-state index < -0.39 is 0 Å². The van der Waals surface area contributed by atoms with Gasteiger partial charge in [0.15, 0.2) is 0 Å². The molecule has 1 atom stereocenters. The van der Waals surface area contributed by atoms with Crippen LogP contribution in [0.4, 0.5) is 0 Å². The largest absolute Gasteiger partial charge is 0.506 e. The van der Waals surface area contributed by atoms with Gasteiger partial charge in [0.1, 0.15) is 5.75 Å². The van der Waals surface area contributed by atoms with E-state index in [0.29, 0.717) is 10.6 Å². The summed E-state index contributed by atoms with van der Waals surface area (Å²) in [7, 11) is 0. The van der Waals surface area contributed by atoms with Crippen LogP contribution in [-0.2, 0) is 0 Å². The molecule has 23 heavy (non-hydrogen) atoms. The van der Waals surface area contributed by atoms with Gasteiger partial charge in [0.2, 0.25) is 0 Å². The van der Waals surface area contributed by atoms with E-state index >= 15 is 0 Å². The SMILES string of the molecule is CC(N=Cc1cc(Cl)cc(Cl)c1O)c1cccc2ccccc12. The average Bonchev–Trinajstić information content (AvgIpc) is 2.56. The zero-order valence-electron chi connectivity index (χ0n) is 12.5. The molecule has 3 aromatic rings. The predicted molar refractivity (Wildman–Crippen MR) is 98.1 cm³/mol. The Hall–Kier alpha value is -2.03. The van der Waals surface area contributed by atoms with Crippen molar-refractivity contribution in [3.63, 3.8) is 0 Å². The van der Waals surface area contributed by atoms with Gasteiger partial charge in [-0.3, -0.25) is 4.99 Å². The highest BCUT2D eigenvalue weighted by Crippen LogP contribution is 2.31. The van der Waals surface area contributed by atoms with Crippen molar-refractivity contribution in [3.05, 3.63) is 75.8 Å². The fourth-order valence-electron chi connectivity index (χ4n) is 2.57. The van der Waals surface area contributed by atoms with Gasteiger partial charge in [-0.2, -0.15) is 0 Å². The van der Waals surface area contributed by atoms with Gasteiger partial charge < -0.3 is 5.11 Å². The van der Waals surface area contributed by atoms with E-state index in [2.05, 4.69) is 29.3 Å². The molecule has 0 aromatic heterocycles. The molecule has 1 N–H and O–H groups in total. The lowest BCUT2D eigenvalue weighted by Gasteiger charge is -2.11. The third kappa shape index (κ3) is 3.34. The molecule has 0 heterocycles. The molecule has 0 aliphatic carbocycles. The zero-order chi connectivity index (χ0) is 16.4. The first-order chi connectivity index (χ1) is 11.1. The molecule has 0 spiro atoms. The van der Waals surface area contributed by atoms with Gasteiger partial charge in [-0.1, -0.05) is 65.7 Å². The van der Waals surface area contributed by atoms with E-state index in [1.807, 2.05) is 25.1 Å². The molecule has 1 unspecified atom stereocenters. The van der Waals surface area contributed by atoms with Crippen LogP contribution in [0.2, 0.25) is 10.0 Å². The van der Waals surface area contributed by atoms with E-state index in [1.165, 1.54) is 16.8 Å². The highest BCUT2D eigenvalue weighted by atomic mass is 35.5. The van der Waals surface area contributed by atoms with Gasteiger partial charge in [0, 0.05) is 16.8 Å². The van der Waals surface area contributed by atoms with Crippen molar-refractivity contribution in [1.29, 1.82) is 0 Å². The van der Waals surface area contributed by atoms with Crippen molar-refractivity contribution < 1.29 is 5.11 Å². The van der Waals surface area contributed by atoms with Gasteiger partial charge in [0.05, 0.1) is 11.1 Å². The summed E-state index contributed by atoms with van der Waals surface area (Å²) in [6, 6.07) is 17.5. The molecule has 116 valence electrons. The molecule has 2 nitrogen and oxygen atoms in total. The quantitative estimate of drug-likeness (QED) is 0.578. The maximum absolute atomic E-state index is 10.00. The number of aromatic hydroxyl groups is 1. The Labute approximate surface area is 145 Å². The van der Waals surface area contributed by atoms with Crippen molar-refractivity contribution >= 4 is 40.2 Å². The van der Waals surface area contributed by atoms with Gasteiger partial charge in [-0.15, -0.1) is 0 Å². The minimum atomic E-state index is -0.0572. The number of phenols is 1. The summed E-state index contributed by atoms with van der Waals surface area (Å²) in [6.45, 7) is 2.02. The lowest BCUT2D eigenvalue weighted by atomic mass is 10.00. The minimum Gasteiger partial charge on any atom is -0.506 e. The monoisotopic (exact) mass is 343 g/mol. The smallest absolute Gasteiger partial charge is 0.143 e. The number of benzene rings is 3. The summed E-state index contributed by atoms with van der Waals surface area (Å²) in [5, 5.41) is 13.0. The second-order valence-electron chi connectivity index (χ2n) is 5.35. The second-order valence-corrected chi connectivity index (χ2v) is 6.19. The number of halogens is 2. The molecule has 0 radical (unpaired) electrons. The fourth-order valence-corrected chi connectivity index (χ4v) is 3.08. The number of phenolic OH excluding ortho intramolecular Hbond substituents is 1. The highest BCUT2D eigenvalue weighted by Gasteiger charge is 2.09. The van der Waals surface area contributed by atoms with Gasteiger partial charge in [0.25, 0.3) is 0 Å². The van der Waals surface area contributed by atoms with Crippen LogP contribution in [-0.4, -0.2) is 11.3 Å². The molecule has 0 saturated heterocycles. The second kappa shape index (κ2) is 6.61. The topological polar surface area (TPSA) is 32.6 Å². The van der Waals surface area contributed by atoms with Crippen LogP contribution in [0.25, 0.3) is 10.8 Å². The van der Waals surface area contributed by atoms with Crippen LogP contribution in [0.5, 0.6) is 5.75 Å². The van der Waals surface area contributed by atoms with Crippen LogP contribution in [0.3, 0.4) is 0 Å². The number of fused-ring (bicyclic) bond motifs is 1. The predicted octanol–water partition coefficient (Wildman–Crippen LogP) is 6.03. The molecule has 0 fully saturated rings. The summed E-state index contributed by atoms with van der Waals surface area (Å²) >= 11 is 11.9. The summed E-state index contributed by atoms with van der Waals surface area (Å²) in [6.07, 6.45) is 1.61. The van der Waals surface area contributed by atoms with Gasteiger partial charge in [-0.25, -0.2) is 0 Å². The van der Waals surface area contributed by atoms with Crippen molar-refractivity contribution in [3.8, 4) is 5.75 Å². The molecule has 3 aromatic carbocycles. The van der Waals surface area contributed by atoms with Crippen LogP contribution >= 0.6 is 23.2 Å². The molecule has 0 bridgehead atoms. The summed E-state index contributed by atoms with van der Waals surface area (Å²) < 4.78 is 0. The standard InChI is InChI=1S/C19H15Cl2NO/c1-12(16-8-4-6-13-5-2-3-7-17(13)16)22-11-14-9-15(20)10-18(21)19(14)23/h2-12,23H,1H3. The lowest BCUT2D eigenvalue weighted by Crippen LogP contribution is -1.93. The number of hydrogen-bond donors (Lipinski definition) is 1. The Morgan fingerprint density at radius 2 is 1.78 bits per heavy atom. The fraction of sp³-hybridized carbons (Fsp3) is 0.105. The number of hydrogen-bond acceptors (Lipinski definition) is 2. The van der Waals surface area contributed by atoms with Gasteiger partial charge in [-0.05, 0) is 35.4 Å². The summed E-state index contributed by atoms with van der Waals surface area (Å²) in [5.74, 6) is -0.00932. The van der Waals surface area contributed by atoms with Crippen molar-refractivity contribution in [1.82, 2.24) is 0 Å². The third-order valence-corrected chi connectivity index (χ3v) is 4.27. The first kappa shape index (κ1) is 15.9. The van der Waals surface area contributed by atoms with E-state index in [0.717, 1.165) is 5.56 Å². The van der Waals surface area contributed by atoms with Crippen LogP contribution in [0, 0.1) is 0 Å². The van der Waals surface area contributed by atoms with Gasteiger partial charge >= 0.3 is 0 Å². The molecule has 0 aliphatic heterocycles. The maximum Gasteiger partial charge on any atom is 0.143 e. The number of nitrogens with zero attached hydrogens (tertiary/aromatic N) is 1. The van der Waals surface area contributed by atoms with Crippen molar-refractivity contribution in [2.24, 2.45) is 4.99 Å². The molecular weight excluding hydrogens is 329 g/mol. The van der Waals surface area contributed by atoms with Crippen molar-refractivity contribution in [2.45, 2.75) is 13.0 Å². The highest BCUT2D eigenvalue weighted by molar-refractivity contribution is 6.36. The van der Waals surface area contributed by atoms with E-state index in [4.69, 9.17) is 23.2 Å². The van der Waals surface area contributed by atoms with E-state index in [-0.39, 0.29) is 16.8 Å². The van der Waals surface area contributed by atoms with E-state index in [9.17, 15) is 5.11 Å². The lowest BCUT2D eigenvalue weighted by molar-refractivity contribution is 0.474. The Morgan fingerprint density at radius 1 is 1.04 bits per heavy atom. The molecular formula is C19H15Cl2NO. The third-order valence-electron chi connectivity index (χ3n) is 3.77. The first-order valence-electron chi connectivity index (χ1n) is 7.25. The summed E-state index contributed by atoms with van der Waals surface area (Å²) in [5.41, 5.74) is 1.64. The molecule has 3 rings (SSSR count). The Bertz CT molecular complexity index is 884. The number of rotatable bonds is 3. The molecule has 0 aliphatic rings. The molecule has 0 saturated carbocycles. The Morgan fingerprint density at radius 3 is 2.61 bits per heavy atom. The molecule has 0 amide bonds. The van der Waals surface area contributed by atoms with E-state index in [1.54, 1.807) is 12.3 Å². The minimum absolute atomic E-state index is 0.00932. The van der Waals surface area contributed by atoms with Crippen LogP contribution < -0.4 is 0 Å². The van der Waals surface area contributed by atoms with Crippen LogP contribution in [0.15, 0.2) is 59.6 Å².